The van der Waals surface area contributed by atoms with E-state index in [4.69, 9.17) is 9.15 Å². The molecule has 5 nitrogen and oxygen atoms in total. The molecule has 0 saturated heterocycles. The molecule has 0 spiro atoms. The predicted molar refractivity (Wildman–Crippen MR) is 88.0 cm³/mol. The highest BCUT2D eigenvalue weighted by Crippen LogP contribution is 2.21. The molecule has 3 rings (SSSR count). The normalized spacial score (nSPS) is 10.6. The van der Waals surface area contributed by atoms with Gasteiger partial charge in [-0.3, -0.25) is 4.79 Å². The summed E-state index contributed by atoms with van der Waals surface area (Å²) in [5.41, 5.74) is -0.163. The van der Waals surface area contributed by atoms with Gasteiger partial charge in [-0.15, -0.1) is 0 Å². The highest BCUT2D eigenvalue weighted by atomic mass is 19.1. The number of halogens is 1. The molecule has 0 aliphatic heterocycles. The second-order valence-electron chi connectivity index (χ2n) is 5.04. The molecule has 0 radical (unpaired) electrons. The minimum Gasteiger partial charge on any atom is -0.494 e. The van der Waals surface area contributed by atoms with E-state index in [9.17, 15) is 14.0 Å². The van der Waals surface area contributed by atoms with Gasteiger partial charge in [-0.25, -0.2) is 9.18 Å². The minimum atomic E-state index is -0.754. The fourth-order valence-corrected chi connectivity index (χ4v) is 2.24. The average molecular weight is 327 g/mol. The number of hydrogen-bond donors (Lipinski definition) is 1. The summed E-state index contributed by atoms with van der Waals surface area (Å²) >= 11 is 0. The monoisotopic (exact) mass is 327 g/mol. The third-order valence-electron chi connectivity index (χ3n) is 3.37. The molecule has 3 aromatic rings. The summed E-state index contributed by atoms with van der Waals surface area (Å²) in [7, 11) is 0. The number of ether oxygens (including phenoxy) is 1. The van der Waals surface area contributed by atoms with Crippen LogP contribution in [0.1, 0.15) is 17.3 Å². The van der Waals surface area contributed by atoms with Crippen molar-refractivity contribution in [3.63, 3.8) is 0 Å². The number of benzene rings is 2. The van der Waals surface area contributed by atoms with E-state index in [1.54, 1.807) is 18.2 Å². The zero-order valence-corrected chi connectivity index (χ0v) is 12.8. The molecular formula is C18H14FNO4. The minimum absolute atomic E-state index is 0.129. The van der Waals surface area contributed by atoms with Gasteiger partial charge >= 0.3 is 5.63 Å². The zero-order chi connectivity index (χ0) is 17.1. The Bertz CT molecular complexity index is 947. The molecule has 6 heteroatoms. The van der Waals surface area contributed by atoms with Crippen LogP contribution < -0.4 is 15.7 Å². The van der Waals surface area contributed by atoms with Gasteiger partial charge in [-0.05, 0) is 49.4 Å². The summed E-state index contributed by atoms with van der Waals surface area (Å²) in [6.07, 6.45) is 0. The van der Waals surface area contributed by atoms with Gasteiger partial charge in [0.25, 0.3) is 5.91 Å². The van der Waals surface area contributed by atoms with Crippen LogP contribution in [0.3, 0.4) is 0 Å². The third kappa shape index (κ3) is 3.27. The van der Waals surface area contributed by atoms with Crippen LogP contribution in [0.2, 0.25) is 0 Å². The van der Waals surface area contributed by atoms with Crippen molar-refractivity contribution in [2.24, 2.45) is 0 Å². The van der Waals surface area contributed by atoms with E-state index in [1.807, 2.05) is 6.92 Å². The topological polar surface area (TPSA) is 68.5 Å². The van der Waals surface area contributed by atoms with Crippen LogP contribution in [0.4, 0.5) is 10.1 Å². The maximum Gasteiger partial charge on any atom is 0.349 e. The maximum atomic E-state index is 12.9. The van der Waals surface area contributed by atoms with E-state index in [1.165, 1.54) is 30.3 Å². The van der Waals surface area contributed by atoms with Crippen molar-refractivity contribution in [2.75, 3.05) is 11.9 Å². The molecule has 122 valence electrons. The lowest BCUT2D eigenvalue weighted by atomic mass is 10.1. The zero-order valence-electron chi connectivity index (χ0n) is 12.8. The van der Waals surface area contributed by atoms with Crippen molar-refractivity contribution in [2.45, 2.75) is 6.92 Å². The number of rotatable bonds is 4. The molecule has 0 atom stereocenters. The predicted octanol–water partition coefficient (Wildman–Crippen LogP) is 3.58. The van der Waals surface area contributed by atoms with Gasteiger partial charge < -0.3 is 14.5 Å². The SMILES string of the molecule is CCOc1ccc2cc(C(=O)Nc3ccc(F)cc3)c(=O)oc2c1. The Labute approximate surface area is 136 Å². The summed E-state index contributed by atoms with van der Waals surface area (Å²) in [5, 5.41) is 3.13. The number of carbonyl (C=O) groups excluding carboxylic acids is 1. The van der Waals surface area contributed by atoms with Crippen molar-refractivity contribution in [1.82, 2.24) is 0 Å². The van der Waals surface area contributed by atoms with Gasteiger partial charge in [0, 0.05) is 17.1 Å². The average Bonchev–Trinajstić information content (AvgIpc) is 2.56. The Kier molecular flexibility index (Phi) is 4.29. The van der Waals surface area contributed by atoms with E-state index >= 15 is 0 Å². The van der Waals surface area contributed by atoms with Crippen LogP contribution in [-0.2, 0) is 0 Å². The Hall–Kier alpha value is -3.15. The molecule has 0 unspecified atom stereocenters. The van der Waals surface area contributed by atoms with Crippen LogP contribution in [0.25, 0.3) is 11.0 Å². The second kappa shape index (κ2) is 6.54. The third-order valence-corrected chi connectivity index (χ3v) is 3.37. The number of nitrogens with one attached hydrogen (secondary N) is 1. The molecule has 0 fully saturated rings. The smallest absolute Gasteiger partial charge is 0.349 e. The number of hydrogen-bond acceptors (Lipinski definition) is 4. The van der Waals surface area contributed by atoms with E-state index < -0.39 is 17.3 Å². The summed E-state index contributed by atoms with van der Waals surface area (Å²) in [4.78, 5) is 24.3. The number of anilines is 1. The van der Waals surface area contributed by atoms with Crippen molar-refractivity contribution in [1.29, 1.82) is 0 Å². The van der Waals surface area contributed by atoms with Gasteiger partial charge in [-0.2, -0.15) is 0 Å². The van der Waals surface area contributed by atoms with Crippen LogP contribution in [0.15, 0.2) is 57.7 Å². The molecule has 0 aliphatic carbocycles. The molecule has 1 N–H and O–H groups in total. The largest absolute Gasteiger partial charge is 0.494 e. The maximum absolute atomic E-state index is 12.9. The molecule has 0 bridgehead atoms. The number of carbonyl (C=O) groups is 1. The molecule has 1 aromatic heterocycles. The lowest BCUT2D eigenvalue weighted by Gasteiger charge is -2.06. The first-order valence-corrected chi connectivity index (χ1v) is 7.34. The van der Waals surface area contributed by atoms with E-state index in [0.717, 1.165) is 0 Å². The van der Waals surface area contributed by atoms with Crippen LogP contribution in [-0.4, -0.2) is 12.5 Å². The molecule has 0 saturated carbocycles. The molecule has 24 heavy (non-hydrogen) atoms. The molecule has 0 aliphatic rings. The molecular weight excluding hydrogens is 313 g/mol. The van der Waals surface area contributed by atoms with Gasteiger partial charge in [0.15, 0.2) is 0 Å². The number of amides is 1. The van der Waals surface area contributed by atoms with Crippen molar-refractivity contribution in [3.05, 3.63) is 70.3 Å². The van der Waals surface area contributed by atoms with Crippen LogP contribution in [0, 0.1) is 5.82 Å². The van der Waals surface area contributed by atoms with Gasteiger partial charge in [0.05, 0.1) is 6.61 Å². The van der Waals surface area contributed by atoms with E-state index in [2.05, 4.69) is 5.32 Å². The lowest BCUT2D eigenvalue weighted by molar-refractivity contribution is 0.102. The Morgan fingerprint density at radius 3 is 2.62 bits per heavy atom. The highest BCUT2D eigenvalue weighted by molar-refractivity contribution is 6.05. The first kappa shape index (κ1) is 15.7. The fraction of sp³-hybridized carbons (Fsp3) is 0.111. The van der Waals surface area contributed by atoms with Crippen molar-refractivity contribution >= 4 is 22.6 Å². The fourth-order valence-electron chi connectivity index (χ4n) is 2.24. The molecule has 2 aromatic carbocycles. The summed E-state index contributed by atoms with van der Waals surface area (Å²) < 4.78 is 23.4. The lowest BCUT2D eigenvalue weighted by Crippen LogP contribution is -2.20. The molecule has 1 amide bonds. The Balaban J connectivity index is 1.92. The van der Waals surface area contributed by atoms with Gasteiger partial charge in [0.2, 0.25) is 0 Å². The summed E-state index contributed by atoms with van der Waals surface area (Å²) in [6.45, 7) is 2.34. The highest BCUT2D eigenvalue weighted by Gasteiger charge is 2.14. The van der Waals surface area contributed by atoms with Gasteiger partial charge in [-0.1, -0.05) is 0 Å². The summed E-state index contributed by atoms with van der Waals surface area (Å²) in [5.74, 6) is -0.453. The molecule has 1 heterocycles. The number of fused-ring (bicyclic) bond motifs is 1. The van der Waals surface area contributed by atoms with Crippen LogP contribution >= 0.6 is 0 Å². The summed E-state index contributed by atoms with van der Waals surface area (Å²) in [6, 6.07) is 11.7. The second-order valence-corrected chi connectivity index (χ2v) is 5.04. The Morgan fingerprint density at radius 1 is 1.17 bits per heavy atom. The van der Waals surface area contributed by atoms with E-state index in [-0.39, 0.29) is 5.56 Å². The Morgan fingerprint density at radius 2 is 1.92 bits per heavy atom. The van der Waals surface area contributed by atoms with Crippen LogP contribution in [0.5, 0.6) is 5.75 Å². The van der Waals surface area contributed by atoms with Crippen molar-refractivity contribution < 1.29 is 18.3 Å². The van der Waals surface area contributed by atoms with Gasteiger partial charge in [0.1, 0.15) is 22.7 Å². The van der Waals surface area contributed by atoms with Crippen molar-refractivity contribution in [3.8, 4) is 5.75 Å². The standard InChI is InChI=1S/C18H14FNO4/c1-2-23-14-8-3-11-9-15(18(22)24-16(11)10-14)17(21)20-13-6-4-12(19)5-7-13/h3-10H,2H2,1H3,(H,20,21). The first-order valence-electron chi connectivity index (χ1n) is 7.34. The van der Waals surface area contributed by atoms with E-state index in [0.29, 0.717) is 29.0 Å². The quantitative estimate of drug-likeness (QED) is 0.744. The first-order chi connectivity index (χ1) is 11.6.